The summed E-state index contributed by atoms with van der Waals surface area (Å²) in [7, 11) is 0. The van der Waals surface area contributed by atoms with E-state index in [1.54, 1.807) is 35.0 Å². The van der Waals surface area contributed by atoms with Crippen LogP contribution in [0.2, 0.25) is 0 Å². The molecule has 1 saturated heterocycles. The minimum Gasteiger partial charge on any atom is -0.353 e. The van der Waals surface area contributed by atoms with Gasteiger partial charge in [0.15, 0.2) is 5.16 Å². The Morgan fingerprint density at radius 3 is 2.29 bits per heavy atom. The summed E-state index contributed by atoms with van der Waals surface area (Å²) in [6.45, 7) is 1.96. The number of piperazine rings is 1. The van der Waals surface area contributed by atoms with Gasteiger partial charge in [0, 0.05) is 56.0 Å². The number of rotatable bonds is 4. The number of hydrogen-bond donors (Lipinski definition) is 0. The van der Waals surface area contributed by atoms with E-state index in [0.717, 1.165) is 23.1 Å². The summed E-state index contributed by atoms with van der Waals surface area (Å²) in [5.74, 6) is 0.414. The molecule has 0 atom stereocenters. The number of imidazole rings is 1. The highest BCUT2D eigenvalue weighted by Crippen LogP contribution is 2.29. The first-order valence-corrected chi connectivity index (χ1v) is 10.8. The molecule has 3 aromatic rings. The van der Waals surface area contributed by atoms with Gasteiger partial charge in [0.1, 0.15) is 5.82 Å². The van der Waals surface area contributed by atoms with Crippen LogP contribution in [0.15, 0.2) is 60.1 Å². The summed E-state index contributed by atoms with van der Waals surface area (Å²) >= 11 is 1.54. The number of anilines is 1. The third-order valence-corrected chi connectivity index (χ3v) is 5.82. The molecule has 0 saturated carbocycles. The monoisotopic (exact) mass is 447 g/mol. The number of nitrogens with zero attached hydrogens (tertiary/aromatic N) is 5. The van der Waals surface area contributed by atoms with Crippen molar-refractivity contribution in [2.45, 2.75) is 11.3 Å². The van der Waals surface area contributed by atoms with E-state index < -0.39 is 11.7 Å². The van der Waals surface area contributed by atoms with E-state index in [1.807, 2.05) is 34.1 Å². The SMILES string of the molecule is CSc1nccn1-c1ccc(C(=O)N2CCN(c3ccc(C(F)(F)F)cn3)CC2)cc1. The van der Waals surface area contributed by atoms with Gasteiger partial charge in [-0.15, -0.1) is 0 Å². The number of aromatic nitrogens is 3. The number of hydrogen-bond acceptors (Lipinski definition) is 5. The first-order valence-electron chi connectivity index (χ1n) is 9.62. The summed E-state index contributed by atoms with van der Waals surface area (Å²) < 4.78 is 40.1. The van der Waals surface area contributed by atoms with Gasteiger partial charge in [-0.25, -0.2) is 9.97 Å². The van der Waals surface area contributed by atoms with Crippen molar-refractivity contribution >= 4 is 23.5 Å². The highest BCUT2D eigenvalue weighted by atomic mass is 32.2. The Bertz CT molecular complexity index is 1040. The molecule has 0 N–H and O–H groups in total. The number of pyridine rings is 1. The lowest BCUT2D eigenvalue weighted by molar-refractivity contribution is -0.137. The normalized spacial score (nSPS) is 14.7. The van der Waals surface area contributed by atoms with E-state index in [4.69, 9.17) is 0 Å². The Morgan fingerprint density at radius 1 is 1.00 bits per heavy atom. The van der Waals surface area contributed by atoms with Crippen LogP contribution in [0.3, 0.4) is 0 Å². The number of amides is 1. The van der Waals surface area contributed by atoms with Crippen molar-refractivity contribution < 1.29 is 18.0 Å². The number of carbonyl (C=O) groups is 1. The Morgan fingerprint density at radius 2 is 1.71 bits per heavy atom. The lowest BCUT2D eigenvalue weighted by Crippen LogP contribution is -2.49. The molecule has 1 aliphatic heterocycles. The molecule has 162 valence electrons. The summed E-state index contributed by atoms with van der Waals surface area (Å²) in [5.41, 5.74) is 0.751. The molecule has 10 heteroatoms. The van der Waals surface area contributed by atoms with Crippen LogP contribution < -0.4 is 4.90 Å². The van der Waals surface area contributed by atoms with E-state index in [0.29, 0.717) is 37.6 Å². The highest BCUT2D eigenvalue weighted by molar-refractivity contribution is 7.98. The molecule has 0 unspecified atom stereocenters. The van der Waals surface area contributed by atoms with Crippen LogP contribution >= 0.6 is 11.8 Å². The van der Waals surface area contributed by atoms with Gasteiger partial charge in [-0.2, -0.15) is 13.2 Å². The van der Waals surface area contributed by atoms with E-state index in [1.165, 1.54) is 6.07 Å². The first kappa shape index (κ1) is 21.2. The Labute approximate surface area is 181 Å². The molecule has 1 aliphatic rings. The quantitative estimate of drug-likeness (QED) is 0.567. The van der Waals surface area contributed by atoms with Gasteiger partial charge in [-0.05, 0) is 42.7 Å². The largest absolute Gasteiger partial charge is 0.417 e. The first-order chi connectivity index (χ1) is 14.9. The second-order valence-electron chi connectivity index (χ2n) is 7.01. The average Bonchev–Trinajstić information content (AvgIpc) is 3.27. The molecule has 0 radical (unpaired) electrons. The van der Waals surface area contributed by atoms with Gasteiger partial charge in [-0.3, -0.25) is 9.36 Å². The van der Waals surface area contributed by atoms with Crippen molar-refractivity contribution in [3.8, 4) is 5.69 Å². The molecule has 0 spiro atoms. The number of carbonyl (C=O) groups excluding carboxylic acids is 1. The maximum atomic E-state index is 12.9. The van der Waals surface area contributed by atoms with Crippen molar-refractivity contribution in [1.29, 1.82) is 0 Å². The Kier molecular flexibility index (Phi) is 5.90. The molecule has 6 nitrogen and oxygen atoms in total. The Balaban J connectivity index is 1.38. The molecule has 1 aromatic carbocycles. The molecule has 0 aliphatic carbocycles. The minimum absolute atomic E-state index is 0.0673. The van der Waals surface area contributed by atoms with E-state index in [-0.39, 0.29) is 5.91 Å². The maximum Gasteiger partial charge on any atom is 0.417 e. The lowest BCUT2D eigenvalue weighted by atomic mass is 10.1. The molecule has 1 amide bonds. The number of halogens is 3. The van der Waals surface area contributed by atoms with E-state index in [9.17, 15) is 18.0 Å². The fraction of sp³-hybridized carbons (Fsp3) is 0.286. The van der Waals surface area contributed by atoms with Crippen molar-refractivity contribution in [1.82, 2.24) is 19.4 Å². The zero-order valence-electron chi connectivity index (χ0n) is 16.7. The molecule has 31 heavy (non-hydrogen) atoms. The van der Waals surface area contributed by atoms with Crippen molar-refractivity contribution in [2.24, 2.45) is 0 Å². The van der Waals surface area contributed by atoms with Crippen LogP contribution in [0.4, 0.5) is 19.0 Å². The van der Waals surface area contributed by atoms with Gasteiger partial charge in [0.05, 0.1) is 5.56 Å². The average molecular weight is 447 g/mol. The third-order valence-electron chi connectivity index (χ3n) is 5.15. The fourth-order valence-electron chi connectivity index (χ4n) is 3.46. The maximum absolute atomic E-state index is 12.9. The fourth-order valence-corrected chi connectivity index (χ4v) is 3.99. The molecular weight excluding hydrogens is 427 g/mol. The predicted molar refractivity (Wildman–Crippen MR) is 113 cm³/mol. The van der Waals surface area contributed by atoms with Gasteiger partial charge in [-0.1, -0.05) is 11.8 Å². The highest BCUT2D eigenvalue weighted by Gasteiger charge is 2.31. The van der Waals surface area contributed by atoms with Crippen molar-refractivity contribution in [3.05, 3.63) is 66.1 Å². The number of benzene rings is 1. The van der Waals surface area contributed by atoms with Gasteiger partial charge >= 0.3 is 6.18 Å². The topological polar surface area (TPSA) is 54.3 Å². The smallest absolute Gasteiger partial charge is 0.353 e. The zero-order valence-corrected chi connectivity index (χ0v) is 17.5. The zero-order chi connectivity index (χ0) is 22.0. The molecule has 4 rings (SSSR count). The summed E-state index contributed by atoms with van der Waals surface area (Å²) in [6.07, 6.45) is 2.00. The molecule has 0 bridgehead atoms. The lowest BCUT2D eigenvalue weighted by Gasteiger charge is -2.35. The number of alkyl halides is 3. The predicted octanol–water partition coefficient (Wildman–Crippen LogP) is 3.97. The van der Waals surface area contributed by atoms with Crippen LogP contribution in [0.5, 0.6) is 0 Å². The van der Waals surface area contributed by atoms with E-state index >= 15 is 0 Å². The Hall–Kier alpha value is -3.01. The molecule has 2 aromatic heterocycles. The standard InChI is InChI=1S/C21H20F3N5OS/c1-31-20-25-8-9-29(20)17-5-2-15(3-6-17)19(30)28-12-10-27(11-13-28)18-7-4-16(14-26-18)21(22,23)24/h2-9,14H,10-13H2,1H3. The number of thioether (sulfide) groups is 1. The van der Waals surface area contributed by atoms with Crippen LogP contribution in [0, 0.1) is 0 Å². The van der Waals surface area contributed by atoms with Gasteiger partial charge < -0.3 is 9.80 Å². The van der Waals surface area contributed by atoms with Crippen LogP contribution in [-0.4, -0.2) is 57.8 Å². The van der Waals surface area contributed by atoms with Crippen LogP contribution in [0.25, 0.3) is 5.69 Å². The summed E-state index contributed by atoms with van der Waals surface area (Å²) in [6, 6.07) is 9.77. The van der Waals surface area contributed by atoms with Crippen LogP contribution in [0.1, 0.15) is 15.9 Å². The second kappa shape index (κ2) is 8.62. The molecule has 1 fully saturated rings. The summed E-state index contributed by atoms with van der Waals surface area (Å²) in [4.78, 5) is 24.7. The third kappa shape index (κ3) is 4.53. The minimum atomic E-state index is -4.40. The van der Waals surface area contributed by atoms with Gasteiger partial charge in [0.2, 0.25) is 0 Å². The van der Waals surface area contributed by atoms with Gasteiger partial charge in [0.25, 0.3) is 5.91 Å². The van der Waals surface area contributed by atoms with Crippen molar-refractivity contribution in [3.63, 3.8) is 0 Å². The van der Waals surface area contributed by atoms with Crippen LogP contribution in [-0.2, 0) is 6.18 Å². The molecular formula is C21H20F3N5OS. The second-order valence-corrected chi connectivity index (χ2v) is 7.79. The van der Waals surface area contributed by atoms with E-state index in [2.05, 4.69) is 9.97 Å². The molecule has 3 heterocycles. The summed E-state index contributed by atoms with van der Waals surface area (Å²) in [5, 5.41) is 0.868. The van der Waals surface area contributed by atoms with Crippen molar-refractivity contribution in [2.75, 3.05) is 37.3 Å².